The fourth-order valence-electron chi connectivity index (χ4n) is 3.56. The quantitative estimate of drug-likeness (QED) is 0.794. The SMILES string of the molecule is CC(O)CC(C(=O)O)[C@H]1C[C@@H](C)CC[C@@H]1C(C)C. The first-order valence-corrected chi connectivity index (χ1v) is 7.23. The van der Waals surface area contributed by atoms with Crippen LogP contribution in [0.2, 0.25) is 0 Å². The maximum absolute atomic E-state index is 11.5. The number of carboxylic acids is 1. The molecule has 18 heavy (non-hydrogen) atoms. The molecule has 5 atom stereocenters. The van der Waals surface area contributed by atoms with Crippen LogP contribution in [0.3, 0.4) is 0 Å². The minimum atomic E-state index is -0.736. The first-order chi connectivity index (χ1) is 8.32. The van der Waals surface area contributed by atoms with Gasteiger partial charge in [0.25, 0.3) is 0 Å². The van der Waals surface area contributed by atoms with E-state index in [1.165, 1.54) is 6.42 Å². The molecule has 3 nitrogen and oxygen atoms in total. The molecule has 2 N–H and O–H groups in total. The van der Waals surface area contributed by atoms with Crippen molar-refractivity contribution in [3.8, 4) is 0 Å². The van der Waals surface area contributed by atoms with Gasteiger partial charge in [0, 0.05) is 0 Å². The molecule has 0 amide bonds. The van der Waals surface area contributed by atoms with Crippen LogP contribution in [0.1, 0.15) is 53.4 Å². The minimum absolute atomic E-state index is 0.223. The van der Waals surface area contributed by atoms with E-state index >= 15 is 0 Å². The van der Waals surface area contributed by atoms with Crippen molar-refractivity contribution in [3.05, 3.63) is 0 Å². The summed E-state index contributed by atoms with van der Waals surface area (Å²) in [5, 5.41) is 19.0. The van der Waals surface area contributed by atoms with Gasteiger partial charge in [0.05, 0.1) is 12.0 Å². The highest BCUT2D eigenvalue weighted by Crippen LogP contribution is 2.43. The summed E-state index contributed by atoms with van der Waals surface area (Å²) in [6.45, 7) is 8.28. The Hall–Kier alpha value is -0.570. The summed E-state index contributed by atoms with van der Waals surface area (Å²) in [6, 6.07) is 0. The highest BCUT2D eigenvalue weighted by atomic mass is 16.4. The Morgan fingerprint density at radius 1 is 1.22 bits per heavy atom. The van der Waals surface area contributed by atoms with Gasteiger partial charge in [-0.2, -0.15) is 0 Å². The third-order valence-electron chi connectivity index (χ3n) is 4.50. The summed E-state index contributed by atoms with van der Waals surface area (Å²) in [5.74, 6) is 0.724. The van der Waals surface area contributed by atoms with E-state index in [1.54, 1.807) is 6.92 Å². The van der Waals surface area contributed by atoms with Crippen molar-refractivity contribution in [2.75, 3.05) is 0 Å². The molecule has 0 aromatic carbocycles. The van der Waals surface area contributed by atoms with Crippen LogP contribution < -0.4 is 0 Å². The zero-order valence-corrected chi connectivity index (χ0v) is 12.1. The lowest BCUT2D eigenvalue weighted by Gasteiger charge is -2.40. The molecular formula is C15H28O3. The van der Waals surface area contributed by atoms with E-state index in [1.807, 2.05) is 0 Å². The largest absolute Gasteiger partial charge is 0.481 e. The van der Waals surface area contributed by atoms with Crippen LogP contribution >= 0.6 is 0 Å². The monoisotopic (exact) mass is 256 g/mol. The van der Waals surface area contributed by atoms with Crippen LogP contribution in [0.4, 0.5) is 0 Å². The smallest absolute Gasteiger partial charge is 0.306 e. The highest BCUT2D eigenvalue weighted by Gasteiger charge is 2.39. The lowest BCUT2D eigenvalue weighted by Crippen LogP contribution is -2.37. The van der Waals surface area contributed by atoms with Crippen molar-refractivity contribution in [3.63, 3.8) is 0 Å². The molecule has 0 radical (unpaired) electrons. The number of hydrogen-bond donors (Lipinski definition) is 2. The molecule has 3 heteroatoms. The van der Waals surface area contributed by atoms with Crippen LogP contribution in [0.5, 0.6) is 0 Å². The Morgan fingerprint density at radius 3 is 2.28 bits per heavy atom. The Balaban J connectivity index is 2.86. The van der Waals surface area contributed by atoms with E-state index in [2.05, 4.69) is 20.8 Å². The number of rotatable bonds is 5. The van der Waals surface area contributed by atoms with Crippen molar-refractivity contribution >= 4 is 5.97 Å². The molecule has 0 bridgehead atoms. The third-order valence-corrected chi connectivity index (χ3v) is 4.50. The second-order valence-electron chi connectivity index (χ2n) is 6.52. The fraction of sp³-hybridized carbons (Fsp3) is 0.933. The van der Waals surface area contributed by atoms with Crippen molar-refractivity contribution in [1.29, 1.82) is 0 Å². The van der Waals surface area contributed by atoms with Gasteiger partial charge in [0.15, 0.2) is 0 Å². The summed E-state index contributed by atoms with van der Waals surface area (Å²) < 4.78 is 0. The van der Waals surface area contributed by atoms with E-state index in [9.17, 15) is 15.0 Å². The molecule has 1 saturated carbocycles. The molecule has 1 aliphatic carbocycles. The Morgan fingerprint density at radius 2 is 1.83 bits per heavy atom. The van der Waals surface area contributed by atoms with Crippen LogP contribution in [0.15, 0.2) is 0 Å². The fourth-order valence-corrected chi connectivity index (χ4v) is 3.56. The number of aliphatic hydroxyl groups excluding tert-OH is 1. The zero-order valence-electron chi connectivity index (χ0n) is 12.1. The van der Waals surface area contributed by atoms with Crippen LogP contribution in [-0.4, -0.2) is 22.3 Å². The van der Waals surface area contributed by atoms with E-state index in [-0.39, 0.29) is 11.8 Å². The summed E-state index contributed by atoms with van der Waals surface area (Å²) in [5.41, 5.74) is 0. The van der Waals surface area contributed by atoms with Crippen LogP contribution in [0.25, 0.3) is 0 Å². The van der Waals surface area contributed by atoms with Crippen LogP contribution in [-0.2, 0) is 4.79 Å². The van der Waals surface area contributed by atoms with E-state index in [0.29, 0.717) is 24.2 Å². The summed E-state index contributed by atoms with van der Waals surface area (Å²) in [4.78, 5) is 11.5. The maximum Gasteiger partial charge on any atom is 0.306 e. The molecular weight excluding hydrogens is 228 g/mol. The molecule has 0 aliphatic heterocycles. The van der Waals surface area contributed by atoms with Crippen LogP contribution in [0, 0.1) is 29.6 Å². The van der Waals surface area contributed by atoms with Gasteiger partial charge in [0.2, 0.25) is 0 Å². The number of aliphatic carboxylic acids is 1. The van der Waals surface area contributed by atoms with Crippen molar-refractivity contribution < 1.29 is 15.0 Å². The predicted molar refractivity (Wildman–Crippen MR) is 72.3 cm³/mol. The molecule has 1 aliphatic rings. The predicted octanol–water partition coefficient (Wildman–Crippen LogP) is 3.17. The average molecular weight is 256 g/mol. The van der Waals surface area contributed by atoms with Crippen molar-refractivity contribution in [2.24, 2.45) is 29.6 Å². The normalized spacial score (nSPS) is 32.2. The third kappa shape index (κ3) is 3.98. The Bertz CT molecular complexity index is 273. The van der Waals surface area contributed by atoms with Crippen molar-refractivity contribution in [1.82, 2.24) is 0 Å². The molecule has 2 unspecified atom stereocenters. The number of carboxylic acid groups (broad SMARTS) is 1. The lowest BCUT2D eigenvalue weighted by molar-refractivity contribution is -0.147. The molecule has 1 rings (SSSR count). The van der Waals surface area contributed by atoms with E-state index < -0.39 is 12.1 Å². The van der Waals surface area contributed by atoms with E-state index in [0.717, 1.165) is 12.8 Å². The van der Waals surface area contributed by atoms with Gasteiger partial charge >= 0.3 is 5.97 Å². The standard InChI is InChI=1S/C15H28O3/c1-9(2)12-6-5-10(3)7-13(12)14(15(17)18)8-11(4)16/h9-14,16H,5-8H2,1-4H3,(H,17,18)/t10-,11?,12+,13-,14?/m0/s1. The molecule has 0 aromatic rings. The number of hydrogen-bond acceptors (Lipinski definition) is 2. The van der Waals surface area contributed by atoms with Gasteiger partial charge in [-0.05, 0) is 49.9 Å². The molecule has 0 heterocycles. The molecule has 1 fully saturated rings. The minimum Gasteiger partial charge on any atom is -0.481 e. The second-order valence-corrected chi connectivity index (χ2v) is 6.52. The highest BCUT2D eigenvalue weighted by molar-refractivity contribution is 5.70. The molecule has 0 aromatic heterocycles. The topological polar surface area (TPSA) is 57.5 Å². The summed E-state index contributed by atoms with van der Waals surface area (Å²) in [6.07, 6.45) is 3.19. The number of aliphatic hydroxyl groups is 1. The van der Waals surface area contributed by atoms with Gasteiger partial charge in [-0.1, -0.05) is 27.2 Å². The number of carbonyl (C=O) groups is 1. The molecule has 0 saturated heterocycles. The first-order valence-electron chi connectivity index (χ1n) is 7.23. The lowest BCUT2D eigenvalue weighted by atomic mass is 9.64. The average Bonchev–Trinajstić information content (AvgIpc) is 2.24. The van der Waals surface area contributed by atoms with Gasteiger partial charge in [-0.25, -0.2) is 0 Å². The Labute approximate surface area is 111 Å². The van der Waals surface area contributed by atoms with Gasteiger partial charge in [-0.15, -0.1) is 0 Å². The maximum atomic E-state index is 11.5. The van der Waals surface area contributed by atoms with Gasteiger partial charge < -0.3 is 10.2 Å². The second kappa shape index (κ2) is 6.55. The molecule has 0 spiro atoms. The van der Waals surface area contributed by atoms with Crippen molar-refractivity contribution in [2.45, 2.75) is 59.5 Å². The molecule has 106 valence electrons. The van der Waals surface area contributed by atoms with Gasteiger partial charge in [0.1, 0.15) is 0 Å². The zero-order chi connectivity index (χ0) is 13.9. The summed E-state index contributed by atoms with van der Waals surface area (Å²) in [7, 11) is 0. The first kappa shape index (κ1) is 15.5. The Kier molecular flexibility index (Phi) is 5.64. The van der Waals surface area contributed by atoms with Gasteiger partial charge in [-0.3, -0.25) is 4.79 Å². The van der Waals surface area contributed by atoms with E-state index in [4.69, 9.17) is 0 Å². The summed E-state index contributed by atoms with van der Waals surface area (Å²) >= 11 is 0.